The highest BCUT2D eigenvalue weighted by Gasteiger charge is 2.05. The van der Waals surface area contributed by atoms with Crippen molar-refractivity contribution in [1.29, 1.82) is 0 Å². The molecule has 0 unspecified atom stereocenters. The van der Waals surface area contributed by atoms with Gasteiger partial charge in [-0.2, -0.15) is 0 Å². The highest BCUT2D eigenvalue weighted by atomic mass is 16.5. The molecule has 3 nitrogen and oxygen atoms in total. The van der Waals surface area contributed by atoms with Gasteiger partial charge in [-0.3, -0.25) is 0 Å². The Morgan fingerprint density at radius 3 is 2.63 bits per heavy atom. The van der Waals surface area contributed by atoms with Gasteiger partial charge in [0.15, 0.2) is 0 Å². The molecule has 0 saturated carbocycles. The van der Waals surface area contributed by atoms with Crippen LogP contribution in [0, 0.1) is 0 Å². The van der Waals surface area contributed by atoms with E-state index >= 15 is 0 Å². The van der Waals surface area contributed by atoms with Crippen molar-refractivity contribution in [2.75, 3.05) is 6.61 Å². The summed E-state index contributed by atoms with van der Waals surface area (Å²) < 4.78 is 5.07. The number of phenolic OH excluding ortho intramolecular Hbond substituents is 1. The second kappa shape index (κ2) is 6.40. The van der Waals surface area contributed by atoms with Gasteiger partial charge in [0.1, 0.15) is 12.4 Å². The molecule has 2 aromatic rings. The first-order chi connectivity index (χ1) is 9.25. The van der Waals surface area contributed by atoms with Crippen molar-refractivity contribution in [3.05, 3.63) is 71.8 Å². The molecule has 0 amide bonds. The van der Waals surface area contributed by atoms with E-state index in [0.717, 1.165) is 5.56 Å². The first-order valence-electron chi connectivity index (χ1n) is 5.93. The first kappa shape index (κ1) is 12.9. The van der Waals surface area contributed by atoms with Crippen LogP contribution >= 0.6 is 0 Å². The summed E-state index contributed by atoms with van der Waals surface area (Å²) in [7, 11) is 0. The quantitative estimate of drug-likeness (QED) is 0.852. The van der Waals surface area contributed by atoms with Crippen LogP contribution in [0.15, 0.2) is 60.7 Å². The van der Waals surface area contributed by atoms with Crippen LogP contribution in [0.3, 0.4) is 0 Å². The second-order valence-electron chi connectivity index (χ2n) is 3.96. The Bertz CT molecular complexity index is 574. The predicted molar refractivity (Wildman–Crippen MR) is 73.9 cm³/mol. The number of carbonyl (C=O) groups excluding carboxylic acids is 1. The summed E-state index contributed by atoms with van der Waals surface area (Å²) in [4.78, 5) is 11.6. The number of phenols is 1. The normalized spacial score (nSPS) is 10.5. The maximum Gasteiger partial charge on any atom is 0.338 e. The summed E-state index contributed by atoms with van der Waals surface area (Å²) in [5, 5.41) is 9.26. The van der Waals surface area contributed by atoms with Crippen LogP contribution in [0.25, 0.3) is 6.08 Å². The van der Waals surface area contributed by atoms with E-state index in [0.29, 0.717) is 5.56 Å². The minimum atomic E-state index is -0.450. The maximum absolute atomic E-state index is 11.6. The number of carbonyl (C=O) groups is 1. The third kappa shape index (κ3) is 4.00. The van der Waals surface area contributed by atoms with Crippen LogP contribution in [0.4, 0.5) is 0 Å². The second-order valence-corrected chi connectivity index (χ2v) is 3.96. The molecule has 0 atom stereocenters. The van der Waals surface area contributed by atoms with E-state index in [1.54, 1.807) is 18.2 Å². The lowest BCUT2D eigenvalue weighted by atomic mass is 10.2. The zero-order chi connectivity index (χ0) is 13.5. The van der Waals surface area contributed by atoms with Gasteiger partial charge in [0, 0.05) is 0 Å². The number of benzene rings is 2. The maximum atomic E-state index is 11.6. The van der Waals surface area contributed by atoms with Gasteiger partial charge in [-0.05, 0) is 29.8 Å². The van der Waals surface area contributed by atoms with Gasteiger partial charge >= 0.3 is 5.97 Å². The molecular weight excluding hydrogens is 240 g/mol. The lowest BCUT2D eigenvalue weighted by Crippen LogP contribution is -2.04. The third-order valence-electron chi connectivity index (χ3n) is 2.50. The summed E-state index contributed by atoms with van der Waals surface area (Å²) in [6, 6.07) is 15.8. The molecule has 0 heterocycles. The number of ether oxygens (including phenoxy) is 1. The van der Waals surface area contributed by atoms with E-state index in [2.05, 4.69) is 0 Å². The highest BCUT2D eigenvalue weighted by molar-refractivity contribution is 5.89. The summed E-state index contributed by atoms with van der Waals surface area (Å²) >= 11 is 0. The van der Waals surface area contributed by atoms with Crippen molar-refractivity contribution in [2.45, 2.75) is 0 Å². The summed E-state index contributed by atoms with van der Waals surface area (Å²) in [6.45, 7) is 0.198. The molecular formula is C16H14O3. The van der Waals surface area contributed by atoms with Crippen LogP contribution in [0.2, 0.25) is 0 Å². The molecule has 0 aliphatic heterocycles. The number of aromatic hydroxyl groups is 1. The van der Waals surface area contributed by atoms with Gasteiger partial charge in [0.05, 0.1) is 5.56 Å². The van der Waals surface area contributed by atoms with Crippen molar-refractivity contribution < 1.29 is 14.6 Å². The standard InChI is InChI=1S/C16H14O3/c17-15-10-4-9-14(12-15)16(18)19-11-5-8-13-6-2-1-3-7-13/h1-10,12,17H,11H2/b8-5-. The number of hydrogen-bond donors (Lipinski definition) is 1. The van der Waals surface area contributed by atoms with Crippen LogP contribution in [0.1, 0.15) is 15.9 Å². The van der Waals surface area contributed by atoms with E-state index in [4.69, 9.17) is 4.74 Å². The van der Waals surface area contributed by atoms with E-state index in [9.17, 15) is 9.90 Å². The third-order valence-corrected chi connectivity index (χ3v) is 2.50. The zero-order valence-corrected chi connectivity index (χ0v) is 10.3. The minimum Gasteiger partial charge on any atom is -0.508 e. The van der Waals surface area contributed by atoms with Gasteiger partial charge in [0.25, 0.3) is 0 Å². The molecule has 0 bridgehead atoms. The Hall–Kier alpha value is -2.55. The van der Waals surface area contributed by atoms with Crippen LogP contribution in [-0.2, 0) is 4.74 Å². The molecule has 0 aliphatic carbocycles. The van der Waals surface area contributed by atoms with Crippen molar-refractivity contribution in [1.82, 2.24) is 0 Å². The Labute approximate surface area is 111 Å². The Morgan fingerprint density at radius 2 is 1.89 bits per heavy atom. The van der Waals surface area contributed by atoms with Crippen LogP contribution in [0.5, 0.6) is 5.75 Å². The van der Waals surface area contributed by atoms with Crippen LogP contribution in [-0.4, -0.2) is 17.7 Å². The van der Waals surface area contributed by atoms with E-state index in [1.165, 1.54) is 12.1 Å². The first-order valence-corrected chi connectivity index (χ1v) is 5.93. The highest BCUT2D eigenvalue weighted by Crippen LogP contribution is 2.11. The van der Waals surface area contributed by atoms with Crippen molar-refractivity contribution in [2.24, 2.45) is 0 Å². The number of hydrogen-bond acceptors (Lipinski definition) is 3. The fourth-order valence-electron chi connectivity index (χ4n) is 1.59. The Morgan fingerprint density at radius 1 is 1.11 bits per heavy atom. The Balaban J connectivity index is 1.86. The zero-order valence-electron chi connectivity index (χ0n) is 10.3. The number of esters is 1. The monoisotopic (exact) mass is 254 g/mol. The molecule has 0 aromatic heterocycles. The number of rotatable bonds is 4. The summed E-state index contributed by atoms with van der Waals surface area (Å²) in [5.41, 5.74) is 1.39. The van der Waals surface area contributed by atoms with Gasteiger partial charge in [-0.25, -0.2) is 4.79 Å². The molecule has 96 valence electrons. The topological polar surface area (TPSA) is 46.5 Å². The summed E-state index contributed by atoms with van der Waals surface area (Å²) in [6.07, 6.45) is 3.66. The van der Waals surface area contributed by atoms with Gasteiger partial charge in [-0.15, -0.1) is 0 Å². The molecule has 3 heteroatoms. The van der Waals surface area contributed by atoms with Gasteiger partial charge < -0.3 is 9.84 Å². The molecule has 1 N–H and O–H groups in total. The molecule has 19 heavy (non-hydrogen) atoms. The predicted octanol–water partition coefficient (Wildman–Crippen LogP) is 3.26. The molecule has 0 saturated heterocycles. The Kier molecular flexibility index (Phi) is 4.34. The summed E-state index contributed by atoms with van der Waals surface area (Å²) in [5.74, 6) is -0.400. The average Bonchev–Trinajstić information content (AvgIpc) is 2.44. The van der Waals surface area contributed by atoms with Crippen molar-refractivity contribution in [3.8, 4) is 5.75 Å². The fourth-order valence-corrected chi connectivity index (χ4v) is 1.59. The van der Waals surface area contributed by atoms with Crippen molar-refractivity contribution in [3.63, 3.8) is 0 Å². The lowest BCUT2D eigenvalue weighted by molar-refractivity contribution is 0.0549. The minimum absolute atomic E-state index is 0.0503. The SMILES string of the molecule is O=C(OC/C=C\c1ccccc1)c1cccc(O)c1. The van der Waals surface area contributed by atoms with Gasteiger partial charge in [-0.1, -0.05) is 42.5 Å². The molecule has 0 fully saturated rings. The van der Waals surface area contributed by atoms with E-state index < -0.39 is 5.97 Å². The van der Waals surface area contributed by atoms with E-state index in [1.807, 2.05) is 36.4 Å². The largest absolute Gasteiger partial charge is 0.508 e. The molecule has 0 aliphatic rings. The fraction of sp³-hybridized carbons (Fsp3) is 0.0625. The average molecular weight is 254 g/mol. The van der Waals surface area contributed by atoms with E-state index in [-0.39, 0.29) is 12.4 Å². The molecule has 2 rings (SSSR count). The molecule has 2 aromatic carbocycles. The van der Waals surface area contributed by atoms with Crippen LogP contribution < -0.4 is 0 Å². The smallest absolute Gasteiger partial charge is 0.338 e. The molecule has 0 spiro atoms. The lowest BCUT2D eigenvalue weighted by Gasteiger charge is -2.02. The molecule has 0 radical (unpaired) electrons. The van der Waals surface area contributed by atoms with Crippen molar-refractivity contribution >= 4 is 12.0 Å². The van der Waals surface area contributed by atoms with Gasteiger partial charge in [0.2, 0.25) is 0 Å².